The van der Waals surface area contributed by atoms with E-state index in [1.165, 1.54) is 12.8 Å². The second kappa shape index (κ2) is 6.23. The topological polar surface area (TPSA) is 15.3 Å². The van der Waals surface area contributed by atoms with Crippen LogP contribution in [0.3, 0.4) is 0 Å². The molecule has 1 aliphatic heterocycles. The van der Waals surface area contributed by atoms with Crippen LogP contribution in [0.15, 0.2) is 18.2 Å². The molecule has 3 heteroatoms. The molecule has 0 bridgehead atoms. The Bertz CT molecular complexity index is 443. The second-order valence-electron chi connectivity index (χ2n) is 6.90. The lowest BCUT2D eigenvalue weighted by Crippen LogP contribution is -2.49. The lowest BCUT2D eigenvalue weighted by molar-refractivity contribution is 0.0960. The molecule has 0 radical (unpaired) electrons. The van der Waals surface area contributed by atoms with Crippen LogP contribution in [0.4, 0.5) is 4.39 Å². The van der Waals surface area contributed by atoms with Gasteiger partial charge >= 0.3 is 0 Å². The number of nitrogens with one attached hydrogen (secondary N) is 1. The summed E-state index contributed by atoms with van der Waals surface area (Å²) in [5.74, 6) is -0.105. The molecule has 0 aromatic heterocycles. The fourth-order valence-electron chi connectivity index (χ4n) is 2.76. The Hall–Kier alpha value is -0.930. The molecule has 1 heterocycles. The van der Waals surface area contributed by atoms with E-state index in [1.807, 2.05) is 12.1 Å². The van der Waals surface area contributed by atoms with Gasteiger partial charge in [0, 0.05) is 31.2 Å². The Labute approximate surface area is 122 Å². The average Bonchev–Trinajstić information content (AvgIpc) is 2.40. The van der Waals surface area contributed by atoms with E-state index in [-0.39, 0.29) is 11.4 Å². The van der Waals surface area contributed by atoms with E-state index in [1.54, 1.807) is 13.0 Å². The SMILES string of the molecule is Cc1ccc(CNC2CCN(C(C)(C)C)CC2)cc1F. The number of hydrogen-bond acceptors (Lipinski definition) is 2. The van der Waals surface area contributed by atoms with Gasteiger partial charge in [0.2, 0.25) is 0 Å². The first-order valence-electron chi connectivity index (χ1n) is 7.60. The molecular weight excluding hydrogens is 251 g/mol. The van der Waals surface area contributed by atoms with Crippen molar-refractivity contribution in [1.29, 1.82) is 0 Å². The number of piperidine rings is 1. The smallest absolute Gasteiger partial charge is 0.126 e. The van der Waals surface area contributed by atoms with Crippen LogP contribution in [-0.4, -0.2) is 29.6 Å². The first-order chi connectivity index (χ1) is 9.36. The maximum Gasteiger partial charge on any atom is 0.126 e. The van der Waals surface area contributed by atoms with Crippen molar-refractivity contribution in [1.82, 2.24) is 10.2 Å². The van der Waals surface area contributed by atoms with Gasteiger partial charge in [0.15, 0.2) is 0 Å². The lowest BCUT2D eigenvalue weighted by atomic mass is 9.98. The van der Waals surface area contributed by atoms with Crippen LogP contribution in [0.5, 0.6) is 0 Å². The molecule has 2 rings (SSSR count). The van der Waals surface area contributed by atoms with Crippen LogP contribution in [0, 0.1) is 12.7 Å². The summed E-state index contributed by atoms with van der Waals surface area (Å²) < 4.78 is 13.5. The van der Waals surface area contributed by atoms with Gasteiger partial charge in [0.05, 0.1) is 0 Å². The number of aryl methyl sites for hydroxylation is 1. The van der Waals surface area contributed by atoms with Gasteiger partial charge in [-0.25, -0.2) is 4.39 Å². The van der Waals surface area contributed by atoms with Crippen molar-refractivity contribution in [3.05, 3.63) is 35.1 Å². The van der Waals surface area contributed by atoms with Crippen molar-refractivity contribution in [2.24, 2.45) is 0 Å². The van der Waals surface area contributed by atoms with Crippen LogP contribution in [0.25, 0.3) is 0 Å². The van der Waals surface area contributed by atoms with Gasteiger partial charge in [0.1, 0.15) is 5.82 Å². The van der Waals surface area contributed by atoms with Crippen molar-refractivity contribution < 1.29 is 4.39 Å². The van der Waals surface area contributed by atoms with E-state index < -0.39 is 0 Å². The van der Waals surface area contributed by atoms with E-state index in [0.717, 1.165) is 25.2 Å². The fourth-order valence-corrected chi connectivity index (χ4v) is 2.76. The Balaban J connectivity index is 1.80. The van der Waals surface area contributed by atoms with Crippen molar-refractivity contribution in [3.63, 3.8) is 0 Å². The fraction of sp³-hybridized carbons (Fsp3) is 0.647. The molecule has 0 spiro atoms. The molecule has 1 aromatic carbocycles. The van der Waals surface area contributed by atoms with Crippen LogP contribution < -0.4 is 5.32 Å². The Kier molecular flexibility index (Phi) is 4.82. The zero-order valence-electron chi connectivity index (χ0n) is 13.2. The Morgan fingerprint density at radius 2 is 1.90 bits per heavy atom. The maximum atomic E-state index is 13.5. The molecule has 0 saturated carbocycles. The van der Waals surface area contributed by atoms with Crippen LogP contribution >= 0.6 is 0 Å². The summed E-state index contributed by atoms with van der Waals surface area (Å²) in [6, 6.07) is 6.06. The normalized spacial score (nSPS) is 18.4. The molecule has 2 nitrogen and oxygen atoms in total. The van der Waals surface area contributed by atoms with Gasteiger partial charge in [-0.3, -0.25) is 4.90 Å². The number of nitrogens with zero attached hydrogens (tertiary/aromatic N) is 1. The van der Waals surface area contributed by atoms with Crippen molar-refractivity contribution in [2.45, 2.75) is 58.7 Å². The number of benzene rings is 1. The van der Waals surface area contributed by atoms with Gasteiger partial charge in [-0.1, -0.05) is 12.1 Å². The monoisotopic (exact) mass is 278 g/mol. The molecule has 0 aliphatic carbocycles. The minimum absolute atomic E-state index is 0.105. The quantitative estimate of drug-likeness (QED) is 0.910. The Morgan fingerprint density at radius 3 is 2.45 bits per heavy atom. The highest BCUT2D eigenvalue weighted by atomic mass is 19.1. The summed E-state index contributed by atoms with van der Waals surface area (Å²) in [6.45, 7) is 11.7. The minimum Gasteiger partial charge on any atom is -0.310 e. The zero-order valence-corrected chi connectivity index (χ0v) is 13.2. The predicted octanol–water partition coefficient (Wildman–Crippen LogP) is 3.49. The van der Waals surface area contributed by atoms with Crippen LogP contribution in [0.2, 0.25) is 0 Å². The molecule has 1 N–H and O–H groups in total. The standard InChI is InChI=1S/C17H27FN2/c1-13-5-6-14(11-16(13)18)12-19-15-7-9-20(10-8-15)17(2,3)4/h5-6,11,15,19H,7-10,12H2,1-4H3. The van der Waals surface area contributed by atoms with E-state index >= 15 is 0 Å². The second-order valence-corrected chi connectivity index (χ2v) is 6.90. The molecule has 112 valence electrons. The van der Waals surface area contributed by atoms with Crippen molar-refractivity contribution >= 4 is 0 Å². The third-order valence-corrected chi connectivity index (χ3v) is 4.27. The van der Waals surface area contributed by atoms with Crippen LogP contribution in [-0.2, 0) is 6.54 Å². The number of hydrogen-bond donors (Lipinski definition) is 1. The molecule has 1 saturated heterocycles. The van der Waals surface area contributed by atoms with E-state index in [0.29, 0.717) is 11.6 Å². The Morgan fingerprint density at radius 1 is 1.25 bits per heavy atom. The summed E-state index contributed by atoms with van der Waals surface area (Å²) >= 11 is 0. The summed E-state index contributed by atoms with van der Waals surface area (Å²) in [4.78, 5) is 2.54. The molecule has 20 heavy (non-hydrogen) atoms. The predicted molar refractivity (Wildman–Crippen MR) is 82.3 cm³/mol. The molecule has 1 aromatic rings. The summed E-state index contributed by atoms with van der Waals surface area (Å²) in [5.41, 5.74) is 2.02. The minimum atomic E-state index is -0.105. The van der Waals surface area contributed by atoms with E-state index in [2.05, 4.69) is 31.0 Å². The molecule has 0 atom stereocenters. The highest BCUT2D eigenvalue weighted by Gasteiger charge is 2.26. The lowest BCUT2D eigenvalue weighted by Gasteiger charge is -2.41. The zero-order chi connectivity index (χ0) is 14.8. The maximum absolute atomic E-state index is 13.5. The van der Waals surface area contributed by atoms with Crippen molar-refractivity contribution in [3.8, 4) is 0 Å². The summed E-state index contributed by atoms with van der Waals surface area (Å²) in [7, 11) is 0. The molecule has 0 unspecified atom stereocenters. The van der Waals surface area contributed by atoms with E-state index in [9.17, 15) is 4.39 Å². The van der Waals surface area contributed by atoms with Gasteiger partial charge in [-0.2, -0.15) is 0 Å². The third kappa shape index (κ3) is 4.03. The molecule has 1 fully saturated rings. The molecule has 1 aliphatic rings. The van der Waals surface area contributed by atoms with Crippen molar-refractivity contribution in [2.75, 3.05) is 13.1 Å². The largest absolute Gasteiger partial charge is 0.310 e. The number of halogens is 1. The van der Waals surface area contributed by atoms with Gasteiger partial charge < -0.3 is 5.32 Å². The summed E-state index contributed by atoms with van der Waals surface area (Å²) in [5, 5.41) is 3.56. The number of likely N-dealkylation sites (tertiary alicyclic amines) is 1. The van der Waals surface area contributed by atoms with Gasteiger partial charge in [-0.05, 0) is 57.7 Å². The first kappa shape index (κ1) is 15.5. The van der Waals surface area contributed by atoms with Gasteiger partial charge in [0.25, 0.3) is 0 Å². The molecule has 0 amide bonds. The third-order valence-electron chi connectivity index (χ3n) is 4.27. The highest BCUT2D eigenvalue weighted by Crippen LogP contribution is 2.20. The first-order valence-corrected chi connectivity index (χ1v) is 7.60. The number of rotatable bonds is 3. The summed E-state index contributed by atoms with van der Waals surface area (Å²) in [6.07, 6.45) is 2.34. The van der Waals surface area contributed by atoms with Crippen LogP contribution in [0.1, 0.15) is 44.7 Å². The average molecular weight is 278 g/mol. The highest BCUT2D eigenvalue weighted by molar-refractivity contribution is 5.23. The van der Waals surface area contributed by atoms with E-state index in [4.69, 9.17) is 0 Å². The van der Waals surface area contributed by atoms with Gasteiger partial charge in [-0.15, -0.1) is 0 Å². The molecular formula is C17H27FN2.